The molecule has 0 aromatic heterocycles. The lowest BCUT2D eigenvalue weighted by Gasteiger charge is -2.31. The fraction of sp³-hybridized carbons (Fsp3) is 0.875. The highest BCUT2D eigenvalue weighted by Crippen LogP contribution is 2.26. The minimum Gasteiger partial charge on any atom is -0.350 e. The van der Waals surface area contributed by atoms with Crippen molar-refractivity contribution in [2.24, 2.45) is 11.7 Å². The number of urea groups is 1. The molecule has 1 rings (SSSR count). The zero-order valence-corrected chi connectivity index (χ0v) is 7.36. The summed E-state index contributed by atoms with van der Waals surface area (Å²) in [6.07, 6.45) is 3.97. The summed E-state index contributed by atoms with van der Waals surface area (Å²) in [7, 11) is 0. The maximum atomic E-state index is 10.6. The molecule has 2 amide bonds. The molecule has 2 atom stereocenters. The molecule has 3 N–H and O–H groups in total. The van der Waals surface area contributed by atoms with Gasteiger partial charge >= 0.3 is 6.03 Å². The van der Waals surface area contributed by atoms with E-state index < -0.39 is 6.03 Å². The molecule has 0 bridgehead atoms. The molecule has 0 heterocycles. The molecule has 1 aliphatic carbocycles. The lowest BCUT2D eigenvalue weighted by molar-refractivity contribution is -0.0884. The van der Waals surface area contributed by atoms with E-state index in [1.54, 1.807) is 0 Å². The minimum absolute atomic E-state index is 0.0637. The van der Waals surface area contributed by atoms with Gasteiger partial charge in [-0.25, -0.2) is 9.86 Å². The molecule has 1 saturated carbocycles. The van der Waals surface area contributed by atoms with Crippen LogP contribution >= 0.6 is 0 Å². The summed E-state index contributed by atoms with van der Waals surface area (Å²) in [5, 5.41) is 9.90. The van der Waals surface area contributed by atoms with Gasteiger partial charge in [0, 0.05) is 0 Å². The summed E-state index contributed by atoms with van der Waals surface area (Å²) in [6.45, 7) is 2.13. The lowest BCUT2D eigenvalue weighted by atomic mass is 9.87. The van der Waals surface area contributed by atoms with E-state index in [9.17, 15) is 10.0 Å². The van der Waals surface area contributed by atoms with Crippen molar-refractivity contribution in [2.75, 3.05) is 0 Å². The molecule has 0 aromatic rings. The molecule has 70 valence electrons. The van der Waals surface area contributed by atoms with Gasteiger partial charge in [0.05, 0.1) is 6.04 Å². The smallest absolute Gasteiger partial charge is 0.338 e. The van der Waals surface area contributed by atoms with E-state index in [0.717, 1.165) is 19.3 Å². The third kappa shape index (κ3) is 2.11. The maximum Gasteiger partial charge on any atom is 0.338 e. The zero-order valence-electron chi connectivity index (χ0n) is 7.36. The molecule has 0 spiro atoms. The van der Waals surface area contributed by atoms with Crippen LogP contribution in [0.15, 0.2) is 0 Å². The number of carbonyl (C=O) groups excluding carboxylic acids is 1. The Labute approximate surface area is 72.3 Å². The van der Waals surface area contributed by atoms with Gasteiger partial charge in [-0.2, -0.15) is 0 Å². The Balaban J connectivity index is 2.45. The highest BCUT2D eigenvalue weighted by molar-refractivity contribution is 5.70. The fourth-order valence-corrected chi connectivity index (χ4v) is 1.80. The van der Waals surface area contributed by atoms with Crippen molar-refractivity contribution in [3.63, 3.8) is 0 Å². The number of amides is 2. The van der Waals surface area contributed by atoms with Crippen molar-refractivity contribution >= 4 is 6.03 Å². The van der Waals surface area contributed by atoms with Crippen LogP contribution in [0, 0.1) is 5.92 Å². The normalized spacial score (nSPS) is 29.8. The van der Waals surface area contributed by atoms with E-state index in [4.69, 9.17) is 5.73 Å². The summed E-state index contributed by atoms with van der Waals surface area (Å²) >= 11 is 0. The number of carbonyl (C=O) groups is 1. The number of rotatable bonds is 1. The Morgan fingerprint density at radius 3 is 2.75 bits per heavy atom. The Morgan fingerprint density at radius 2 is 2.25 bits per heavy atom. The predicted molar refractivity (Wildman–Crippen MR) is 44.6 cm³/mol. The molecule has 12 heavy (non-hydrogen) atoms. The van der Waals surface area contributed by atoms with Crippen molar-refractivity contribution in [2.45, 2.75) is 38.6 Å². The van der Waals surface area contributed by atoms with Gasteiger partial charge in [0.1, 0.15) is 0 Å². The van der Waals surface area contributed by atoms with Gasteiger partial charge in [-0.15, -0.1) is 0 Å². The quantitative estimate of drug-likeness (QED) is 0.463. The molecule has 0 unspecified atom stereocenters. The van der Waals surface area contributed by atoms with Crippen LogP contribution in [0.5, 0.6) is 0 Å². The first-order chi connectivity index (χ1) is 5.61. The summed E-state index contributed by atoms with van der Waals surface area (Å²) < 4.78 is 0. The van der Waals surface area contributed by atoms with Gasteiger partial charge in [-0.1, -0.05) is 19.8 Å². The minimum atomic E-state index is -0.742. The van der Waals surface area contributed by atoms with E-state index in [1.807, 2.05) is 0 Å². The zero-order chi connectivity index (χ0) is 9.14. The fourth-order valence-electron chi connectivity index (χ4n) is 1.80. The number of hydroxylamine groups is 2. The van der Waals surface area contributed by atoms with Gasteiger partial charge in [0.15, 0.2) is 0 Å². The van der Waals surface area contributed by atoms with E-state index in [0.29, 0.717) is 11.0 Å². The SMILES string of the molecule is C[C@H]1CCC[C@@H](N(O)C(N)=O)C1. The lowest BCUT2D eigenvalue weighted by Crippen LogP contribution is -2.43. The first-order valence-corrected chi connectivity index (χ1v) is 4.38. The van der Waals surface area contributed by atoms with Crippen LogP contribution in [0.2, 0.25) is 0 Å². The predicted octanol–water partition coefficient (Wildman–Crippen LogP) is 1.34. The second-order valence-electron chi connectivity index (χ2n) is 3.61. The molecule has 4 heteroatoms. The second kappa shape index (κ2) is 3.76. The van der Waals surface area contributed by atoms with Crippen LogP contribution < -0.4 is 5.73 Å². The highest BCUT2D eigenvalue weighted by Gasteiger charge is 2.25. The van der Waals surface area contributed by atoms with Gasteiger partial charge in [-0.3, -0.25) is 5.21 Å². The molecule has 1 aliphatic rings. The summed E-state index contributed by atoms with van der Waals surface area (Å²) in [4.78, 5) is 10.6. The number of nitrogens with zero attached hydrogens (tertiary/aromatic N) is 1. The van der Waals surface area contributed by atoms with Gasteiger partial charge in [0.25, 0.3) is 0 Å². The number of nitrogens with two attached hydrogens (primary N) is 1. The Bertz CT molecular complexity index is 172. The van der Waals surface area contributed by atoms with Gasteiger partial charge < -0.3 is 5.73 Å². The maximum absolute atomic E-state index is 10.6. The third-order valence-electron chi connectivity index (χ3n) is 2.48. The number of primary amides is 1. The van der Waals surface area contributed by atoms with Crippen molar-refractivity contribution in [1.82, 2.24) is 5.06 Å². The average Bonchev–Trinajstić information content (AvgIpc) is 2.03. The molecule has 0 aliphatic heterocycles. The van der Waals surface area contributed by atoms with E-state index in [1.165, 1.54) is 6.42 Å². The first-order valence-electron chi connectivity index (χ1n) is 4.38. The Kier molecular flexibility index (Phi) is 2.92. The standard InChI is InChI=1S/C8H16N2O2/c1-6-3-2-4-7(5-6)10(12)8(9)11/h6-7,12H,2-5H2,1H3,(H2,9,11)/t6-,7+/m0/s1. The van der Waals surface area contributed by atoms with Crippen LogP contribution in [0.4, 0.5) is 4.79 Å². The van der Waals surface area contributed by atoms with Crippen molar-refractivity contribution in [3.8, 4) is 0 Å². The van der Waals surface area contributed by atoms with Crippen LogP contribution in [0.25, 0.3) is 0 Å². The van der Waals surface area contributed by atoms with Crippen molar-refractivity contribution < 1.29 is 10.0 Å². The first kappa shape index (κ1) is 9.32. The molecular weight excluding hydrogens is 156 g/mol. The van der Waals surface area contributed by atoms with Crippen molar-refractivity contribution in [3.05, 3.63) is 0 Å². The van der Waals surface area contributed by atoms with E-state index >= 15 is 0 Å². The van der Waals surface area contributed by atoms with Gasteiger partial charge in [-0.05, 0) is 18.8 Å². The number of hydrogen-bond acceptors (Lipinski definition) is 2. The van der Waals surface area contributed by atoms with E-state index in [2.05, 4.69) is 6.92 Å². The van der Waals surface area contributed by atoms with Crippen LogP contribution in [0.3, 0.4) is 0 Å². The molecule has 4 nitrogen and oxygen atoms in total. The monoisotopic (exact) mass is 172 g/mol. The Hall–Kier alpha value is -0.770. The van der Waals surface area contributed by atoms with Crippen molar-refractivity contribution in [1.29, 1.82) is 0 Å². The van der Waals surface area contributed by atoms with E-state index in [-0.39, 0.29) is 6.04 Å². The average molecular weight is 172 g/mol. The molecule has 1 fully saturated rings. The number of hydrogen-bond donors (Lipinski definition) is 2. The largest absolute Gasteiger partial charge is 0.350 e. The second-order valence-corrected chi connectivity index (χ2v) is 3.61. The molecule has 0 aromatic carbocycles. The molecular formula is C8H16N2O2. The van der Waals surface area contributed by atoms with Gasteiger partial charge in [0.2, 0.25) is 0 Å². The third-order valence-corrected chi connectivity index (χ3v) is 2.48. The molecule has 0 saturated heterocycles. The van der Waals surface area contributed by atoms with Crippen LogP contribution in [-0.2, 0) is 0 Å². The van der Waals surface area contributed by atoms with Crippen LogP contribution in [0.1, 0.15) is 32.6 Å². The molecule has 0 radical (unpaired) electrons. The van der Waals surface area contributed by atoms with Crippen LogP contribution in [-0.4, -0.2) is 22.3 Å². The summed E-state index contributed by atoms with van der Waals surface area (Å²) in [5.74, 6) is 0.581. The summed E-state index contributed by atoms with van der Waals surface area (Å²) in [5.41, 5.74) is 4.95. The highest BCUT2D eigenvalue weighted by atomic mass is 16.5. The topological polar surface area (TPSA) is 66.6 Å². The Morgan fingerprint density at radius 1 is 1.58 bits per heavy atom. The summed E-state index contributed by atoms with van der Waals surface area (Å²) in [6, 6.07) is -0.805.